The predicted octanol–water partition coefficient (Wildman–Crippen LogP) is 7.65. The number of benzene rings is 2. The third kappa shape index (κ3) is 6.31. The normalized spacial score (nSPS) is 10.9. The van der Waals surface area contributed by atoms with Gasteiger partial charge in [0.2, 0.25) is 0 Å². The molecule has 2 rings (SSSR count). The van der Waals surface area contributed by atoms with E-state index in [1.165, 1.54) is 5.56 Å². The van der Waals surface area contributed by atoms with Gasteiger partial charge in [0.1, 0.15) is 5.75 Å². The van der Waals surface area contributed by atoms with E-state index in [9.17, 15) is 0 Å². The number of aryl methyl sites for hydroxylation is 1. The number of hydrogen-bond acceptors (Lipinski definition) is 2. The zero-order valence-electron chi connectivity index (χ0n) is 18.1. The quantitative estimate of drug-likeness (QED) is 0.502. The van der Waals surface area contributed by atoms with Crippen LogP contribution in [0.2, 0.25) is 0 Å². The minimum Gasteiger partial charge on any atom is -0.496 e. The van der Waals surface area contributed by atoms with E-state index in [1.54, 1.807) is 7.11 Å². The molecule has 0 radical (unpaired) electrons. The van der Waals surface area contributed by atoms with Gasteiger partial charge in [0.15, 0.2) is 0 Å². The molecule has 0 unspecified atom stereocenters. The number of nitrogens with one attached hydrogen (secondary N) is 1. The van der Waals surface area contributed by atoms with Crippen molar-refractivity contribution in [3.05, 3.63) is 96.1 Å². The van der Waals surface area contributed by atoms with Gasteiger partial charge in [-0.05, 0) is 61.7 Å². The Balaban J connectivity index is 0.00000190. The fourth-order valence-corrected chi connectivity index (χ4v) is 2.65. The molecule has 0 aliphatic rings. The Bertz CT molecular complexity index is 872. The monoisotopic (exact) mass is 375 g/mol. The van der Waals surface area contributed by atoms with E-state index in [4.69, 9.17) is 4.74 Å². The standard InChI is InChI=1S/C24H27NO.C2H6/c1-7-8-11-18(3)19(4)23-14-13-21(16-24(23)26-6)20(5)25-22-12-9-10-17(2)15-22;1-2/h7-16,25H,4-5H2,1-3,6H3;1-2H3/b8-7-,18-11-;. The summed E-state index contributed by atoms with van der Waals surface area (Å²) < 4.78 is 5.61. The number of ether oxygens (including phenoxy) is 1. The van der Waals surface area contributed by atoms with Crippen LogP contribution in [0.4, 0.5) is 5.69 Å². The summed E-state index contributed by atoms with van der Waals surface area (Å²) in [4.78, 5) is 0. The molecule has 0 bridgehead atoms. The summed E-state index contributed by atoms with van der Waals surface area (Å²) in [7, 11) is 1.68. The summed E-state index contributed by atoms with van der Waals surface area (Å²) in [6.07, 6.45) is 6.06. The molecule has 28 heavy (non-hydrogen) atoms. The highest BCUT2D eigenvalue weighted by Crippen LogP contribution is 2.32. The van der Waals surface area contributed by atoms with Crippen LogP contribution < -0.4 is 10.1 Å². The van der Waals surface area contributed by atoms with E-state index < -0.39 is 0 Å². The SMILES string of the molecule is C=C(Nc1cccc(C)c1)c1ccc(C(=C)/C(C)=C\C=C/C)c(OC)c1.CC. The highest BCUT2D eigenvalue weighted by Gasteiger charge is 2.11. The van der Waals surface area contributed by atoms with Crippen LogP contribution >= 0.6 is 0 Å². The Morgan fingerprint density at radius 2 is 1.79 bits per heavy atom. The first-order valence-corrected chi connectivity index (χ1v) is 9.66. The number of methoxy groups -OCH3 is 1. The summed E-state index contributed by atoms with van der Waals surface area (Å²) >= 11 is 0. The summed E-state index contributed by atoms with van der Waals surface area (Å²) in [5.41, 5.74) is 7.07. The molecule has 0 atom stereocenters. The molecule has 0 heterocycles. The van der Waals surface area contributed by atoms with Gasteiger partial charge in [-0.25, -0.2) is 0 Å². The van der Waals surface area contributed by atoms with Crippen molar-refractivity contribution in [2.24, 2.45) is 0 Å². The van der Waals surface area contributed by atoms with Crippen LogP contribution in [0, 0.1) is 6.92 Å². The maximum atomic E-state index is 5.61. The van der Waals surface area contributed by atoms with Gasteiger partial charge >= 0.3 is 0 Å². The topological polar surface area (TPSA) is 21.3 Å². The van der Waals surface area contributed by atoms with Gasteiger partial charge in [0.25, 0.3) is 0 Å². The molecule has 0 aliphatic heterocycles. The van der Waals surface area contributed by atoms with Crippen molar-refractivity contribution < 1.29 is 4.74 Å². The van der Waals surface area contributed by atoms with E-state index >= 15 is 0 Å². The summed E-state index contributed by atoms with van der Waals surface area (Å²) in [6, 6.07) is 14.3. The number of anilines is 1. The van der Waals surface area contributed by atoms with E-state index in [2.05, 4.69) is 37.5 Å². The molecule has 2 aromatic rings. The average molecular weight is 376 g/mol. The summed E-state index contributed by atoms with van der Waals surface area (Å²) in [5, 5.41) is 3.36. The molecule has 0 saturated heterocycles. The Labute approximate surface area is 171 Å². The first-order chi connectivity index (χ1) is 13.5. The van der Waals surface area contributed by atoms with Crippen LogP contribution in [0.3, 0.4) is 0 Å². The van der Waals surface area contributed by atoms with Crippen molar-refractivity contribution in [2.45, 2.75) is 34.6 Å². The molecule has 2 aromatic carbocycles. The number of rotatable bonds is 7. The third-order valence-corrected chi connectivity index (χ3v) is 4.20. The fourth-order valence-electron chi connectivity index (χ4n) is 2.65. The van der Waals surface area contributed by atoms with Gasteiger partial charge in [-0.1, -0.05) is 63.4 Å². The Hall–Kier alpha value is -3.00. The lowest BCUT2D eigenvalue weighted by molar-refractivity contribution is 0.413. The smallest absolute Gasteiger partial charge is 0.127 e. The maximum absolute atomic E-state index is 5.61. The minimum absolute atomic E-state index is 0.785. The molecule has 0 fully saturated rings. The van der Waals surface area contributed by atoms with Crippen molar-refractivity contribution in [1.82, 2.24) is 0 Å². The zero-order valence-corrected chi connectivity index (χ0v) is 18.1. The molecular weight excluding hydrogens is 342 g/mol. The predicted molar refractivity (Wildman–Crippen MR) is 126 cm³/mol. The second kappa shape index (κ2) is 11.7. The van der Waals surface area contributed by atoms with Crippen LogP contribution in [0.5, 0.6) is 5.75 Å². The van der Waals surface area contributed by atoms with Crippen LogP contribution in [-0.2, 0) is 0 Å². The molecule has 2 nitrogen and oxygen atoms in total. The molecule has 0 aromatic heterocycles. The van der Waals surface area contributed by atoms with Gasteiger partial charge in [-0.15, -0.1) is 0 Å². The second-order valence-corrected chi connectivity index (χ2v) is 6.24. The molecule has 0 aliphatic carbocycles. The fraction of sp³-hybridized carbons (Fsp3) is 0.231. The van der Waals surface area contributed by atoms with Crippen molar-refractivity contribution in [2.75, 3.05) is 12.4 Å². The minimum atomic E-state index is 0.785. The van der Waals surface area contributed by atoms with Gasteiger partial charge in [-0.3, -0.25) is 0 Å². The van der Waals surface area contributed by atoms with Gasteiger partial charge < -0.3 is 10.1 Å². The lowest BCUT2D eigenvalue weighted by atomic mass is 9.97. The largest absolute Gasteiger partial charge is 0.496 e. The van der Waals surface area contributed by atoms with Crippen LogP contribution in [0.15, 0.2) is 79.4 Å². The van der Waals surface area contributed by atoms with Crippen LogP contribution in [0.25, 0.3) is 11.3 Å². The van der Waals surface area contributed by atoms with Gasteiger partial charge in [0, 0.05) is 22.5 Å². The summed E-state index contributed by atoms with van der Waals surface area (Å²) in [5.74, 6) is 0.785. The Kier molecular flexibility index (Phi) is 9.59. The van der Waals surface area contributed by atoms with E-state index in [-0.39, 0.29) is 0 Å². The molecule has 148 valence electrons. The second-order valence-electron chi connectivity index (χ2n) is 6.24. The average Bonchev–Trinajstić information content (AvgIpc) is 2.72. The molecule has 1 N–H and O–H groups in total. The van der Waals surface area contributed by atoms with Crippen LogP contribution in [0.1, 0.15) is 44.4 Å². The Morgan fingerprint density at radius 1 is 1.07 bits per heavy atom. The number of hydrogen-bond donors (Lipinski definition) is 1. The molecule has 0 amide bonds. The first kappa shape index (κ1) is 23.0. The molecule has 0 saturated carbocycles. The number of allylic oxidation sites excluding steroid dienone is 5. The van der Waals surface area contributed by atoms with E-state index in [0.717, 1.165) is 39.4 Å². The van der Waals surface area contributed by atoms with Crippen LogP contribution in [-0.4, -0.2) is 7.11 Å². The highest BCUT2D eigenvalue weighted by atomic mass is 16.5. The molecule has 2 heteroatoms. The lowest BCUT2D eigenvalue weighted by Crippen LogP contribution is -2.00. The van der Waals surface area contributed by atoms with E-state index in [1.807, 2.05) is 76.3 Å². The van der Waals surface area contributed by atoms with Crippen molar-refractivity contribution in [3.8, 4) is 5.75 Å². The zero-order chi connectivity index (χ0) is 21.1. The maximum Gasteiger partial charge on any atom is 0.127 e. The molecular formula is C26H33NO. The summed E-state index contributed by atoms with van der Waals surface area (Å²) in [6.45, 7) is 18.5. The first-order valence-electron chi connectivity index (χ1n) is 9.66. The molecule has 0 spiro atoms. The van der Waals surface area contributed by atoms with Crippen molar-refractivity contribution >= 4 is 17.0 Å². The third-order valence-electron chi connectivity index (χ3n) is 4.20. The van der Waals surface area contributed by atoms with Gasteiger partial charge in [-0.2, -0.15) is 0 Å². The van der Waals surface area contributed by atoms with Crippen molar-refractivity contribution in [3.63, 3.8) is 0 Å². The highest BCUT2D eigenvalue weighted by molar-refractivity contribution is 5.83. The van der Waals surface area contributed by atoms with Gasteiger partial charge in [0.05, 0.1) is 7.11 Å². The lowest BCUT2D eigenvalue weighted by Gasteiger charge is -2.15. The van der Waals surface area contributed by atoms with E-state index in [0.29, 0.717) is 0 Å². The van der Waals surface area contributed by atoms with Crippen molar-refractivity contribution in [1.29, 1.82) is 0 Å². The Morgan fingerprint density at radius 3 is 2.39 bits per heavy atom.